The van der Waals surface area contributed by atoms with Crippen LogP contribution in [-0.2, 0) is 20.7 Å². The normalized spacial score (nSPS) is 12.8. The maximum absolute atomic E-state index is 9.90. The van der Waals surface area contributed by atoms with Gasteiger partial charge in [-0.15, -0.1) is 0 Å². The number of ether oxygens (including phenoxy) is 2. The minimum absolute atomic E-state index is 0.288. The molecule has 3 nitrogen and oxygen atoms in total. The number of benzene rings is 1. The van der Waals surface area contributed by atoms with Crippen molar-refractivity contribution >= 4 is 0 Å². The lowest BCUT2D eigenvalue weighted by Crippen LogP contribution is -2.24. The summed E-state index contributed by atoms with van der Waals surface area (Å²) in [5, 5.41) is 9.90. The summed E-state index contributed by atoms with van der Waals surface area (Å²) >= 11 is 0. The molecule has 0 saturated heterocycles. The third-order valence-electron chi connectivity index (χ3n) is 2.99. The fourth-order valence-electron chi connectivity index (χ4n) is 1.64. The zero-order chi connectivity index (χ0) is 13.8. The predicted octanol–water partition coefficient (Wildman–Crippen LogP) is 3.16. The van der Waals surface area contributed by atoms with E-state index in [1.54, 1.807) is 13.8 Å². The molecule has 0 atom stereocenters. The zero-order valence-corrected chi connectivity index (χ0v) is 12.0. The number of hydrogen-bond acceptors (Lipinski definition) is 3. The molecule has 102 valence electrons. The second-order valence-corrected chi connectivity index (χ2v) is 5.40. The Hall–Kier alpha value is -0.900. The topological polar surface area (TPSA) is 38.7 Å². The Kier molecular flexibility index (Phi) is 4.91. The van der Waals surface area contributed by atoms with Crippen LogP contribution in [0, 0.1) is 0 Å². The van der Waals surface area contributed by atoms with Gasteiger partial charge in [-0.1, -0.05) is 24.3 Å². The van der Waals surface area contributed by atoms with Gasteiger partial charge in [0.2, 0.25) is 0 Å². The molecule has 1 rings (SSSR count). The van der Waals surface area contributed by atoms with Crippen molar-refractivity contribution in [3.8, 4) is 0 Å². The lowest BCUT2D eigenvalue weighted by atomic mass is 9.92. The highest BCUT2D eigenvalue weighted by molar-refractivity contribution is 5.29. The molecule has 0 heterocycles. The molecule has 0 aliphatic carbocycles. The smallest absolute Gasteiger partial charge is 0.147 e. The van der Waals surface area contributed by atoms with Gasteiger partial charge >= 0.3 is 0 Å². The van der Waals surface area contributed by atoms with Gasteiger partial charge in [-0.05, 0) is 45.7 Å². The van der Waals surface area contributed by atoms with Crippen LogP contribution in [0.15, 0.2) is 24.3 Å². The molecule has 0 saturated carbocycles. The van der Waals surface area contributed by atoms with Crippen molar-refractivity contribution in [1.29, 1.82) is 0 Å². The molecule has 0 fully saturated rings. The van der Waals surface area contributed by atoms with Crippen LogP contribution in [0.2, 0.25) is 0 Å². The van der Waals surface area contributed by atoms with Gasteiger partial charge in [0, 0.05) is 6.61 Å². The monoisotopic (exact) mass is 252 g/mol. The van der Waals surface area contributed by atoms with Gasteiger partial charge in [-0.2, -0.15) is 0 Å². The summed E-state index contributed by atoms with van der Waals surface area (Å²) in [7, 11) is 0. The first-order valence-electron chi connectivity index (χ1n) is 6.32. The molecule has 0 bridgehead atoms. The van der Waals surface area contributed by atoms with Gasteiger partial charge in [-0.3, -0.25) is 0 Å². The van der Waals surface area contributed by atoms with Gasteiger partial charge in [0.15, 0.2) is 0 Å². The molecular formula is C15H24O3. The summed E-state index contributed by atoms with van der Waals surface area (Å²) in [6.45, 7) is 10.4. The average molecular weight is 252 g/mol. The zero-order valence-electron chi connectivity index (χ0n) is 12.0. The van der Waals surface area contributed by atoms with Crippen molar-refractivity contribution in [3.05, 3.63) is 35.4 Å². The standard InChI is InChI=1S/C15H24O3/c1-6-17-11-18-15(4,5)13-9-7-12(8-10-13)14(2,3)16/h7-10,16H,6,11H2,1-5H3. The SMILES string of the molecule is CCOCOC(C)(C)c1ccc(C(C)(C)O)cc1. The van der Waals surface area contributed by atoms with Crippen LogP contribution in [0.5, 0.6) is 0 Å². The third-order valence-corrected chi connectivity index (χ3v) is 2.99. The first-order chi connectivity index (χ1) is 8.27. The molecule has 0 aromatic heterocycles. The lowest BCUT2D eigenvalue weighted by Gasteiger charge is -2.27. The number of rotatable bonds is 6. The van der Waals surface area contributed by atoms with E-state index in [0.29, 0.717) is 6.61 Å². The van der Waals surface area contributed by atoms with Crippen molar-refractivity contribution in [1.82, 2.24) is 0 Å². The number of aliphatic hydroxyl groups is 1. The molecule has 0 amide bonds. The van der Waals surface area contributed by atoms with E-state index in [4.69, 9.17) is 9.47 Å². The number of hydrogen-bond donors (Lipinski definition) is 1. The molecule has 0 radical (unpaired) electrons. The Labute approximate surface area is 110 Å². The van der Waals surface area contributed by atoms with Gasteiger partial charge in [-0.25, -0.2) is 0 Å². The molecule has 18 heavy (non-hydrogen) atoms. The molecule has 1 aromatic rings. The molecule has 0 unspecified atom stereocenters. The Morgan fingerprint density at radius 1 is 1.00 bits per heavy atom. The molecule has 0 spiro atoms. The fraction of sp³-hybridized carbons (Fsp3) is 0.600. The summed E-state index contributed by atoms with van der Waals surface area (Å²) < 4.78 is 10.9. The summed E-state index contributed by atoms with van der Waals surface area (Å²) in [5.41, 5.74) is 0.754. The van der Waals surface area contributed by atoms with Crippen LogP contribution in [-0.4, -0.2) is 18.5 Å². The van der Waals surface area contributed by atoms with E-state index < -0.39 is 11.2 Å². The minimum Gasteiger partial charge on any atom is -0.386 e. The van der Waals surface area contributed by atoms with E-state index in [-0.39, 0.29) is 6.79 Å². The van der Waals surface area contributed by atoms with Crippen LogP contribution < -0.4 is 0 Å². The van der Waals surface area contributed by atoms with Crippen LogP contribution >= 0.6 is 0 Å². The van der Waals surface area contributed by atoms with E-state index in [9.17, 15) is 5.11 Å². The summed E-state index contributed by atoms with van der Waals surface area (Å²) in [4.78, 5) is 0. The largest absolute Gasteiger partial charge is 0.386 e. The van der Waals surface area contributed by atoms with E-state index in [1.165, 1.54) is 0 Å². The highest BCUT2D eigenvalue weighted by Crippen LogP contribution is 2.27. The highest BCUT2D eigenvalue weighted by atomic mass is 16.7. The summed E-state index contributed by atoms with van der Waals surface area (Å²) in [6, 6.07) is 7.83. The molecule has 1 aromatic carbocycles. The molecule has 3 heteroatoms. The maximum Gasteiger partial charge on any atom is 0.147 e. The van der Waals surface area contributed by atoms with E-state index in [1.807, 2.05) is 45.0 Å². The Morgan fingerprint density at radius 2 is 1.50 bits per heavy atom. The second-order valence-electron chi connectivity index (χ2n) is 5.40. The quantitative estimate of drug-likeness (QED) is 0.624. The highest BCUT2D eigenvalue weighted by Gasteiger charge is 2.22. The Bertz CT molecular complexity index is 360. The van der Waals surface area contributed by atoms with Crippen molar-refractivity contribution in [2.75, 3.05) is 13.4 Å². The summed E-state index contributed by atoms with van der Waals surface area (Å²) in [6.07, 6.45) is 0. The van der Waals surface area contributed by atoms with Crippen LogP contribution in [0.4, 0.5) is 0 Å². The van der Waals surface area contributed by atoms with Gasteiger partial charge in [0.1, 0.15) is 6.79 Å². The Balaban J connectivity index is 2.77. The minimum atomic E-state index is -0.811. The molecule has 1 N–H and O–H groups in total. The van der Waals surface area contributed by atoms with Gasteiger partial charge in [0.05, 0.1) is 11.2 Å². The third kappa shape index (κ3) is 4.09. The van der Waals surface area contributed by atoms with Gasteiger partial charge in [0.25, 0.3) is 0 Å². The van der Waals surface area contributed by atoms with Crippen molar-refractivity contribution < 1.29 is 14.6 Å². The van der Waals surface area contributed by atoms with Crippen molar-refractivity contribution in [2.45, 2.75) is 45.8 Å². The summed E-state index contributed by atoms with van der Waals surface area (Å²) in [5.74, 6) is 0. The first kappa shape index (κ1) is 15.2. The molecular weight excluding hydrogens is 228 g/mol. The molecule has 0 aliphatic heterocycles. The average Bonchev–Trinajstić information content (AvgIpc) is 2.28. The van der Waals surface area contributed by atoms with Crippen molar-refractivity contribution in [3.63, 3.8) is 0 Å². The Morgan fingerprint density at radius 3 is 1.94 bits per heavy atom. The molecule has 0 aliphatic rings. The van der Waals surface area contributed by atoms with Crippen LogP contribution in [0.3, 0.4) is 0 Å². The second kappa shape index (κ2) is 5.83. The van der Waals surface area contributed by atoms with E-state index in [2.05, 4.69) is 0 Å². The van der Waals surface area contributed by atoms with E-state index in [0.717, 1.165) is 11.1 Å². The van der Waals surface area contributed by atoms with E-state index >= 15 is 0 Å². The predicted molar refractivity (Wildman–Crippen MR) is 72.3 cm³/mol. The fourth-order valence-corrected chi connectivity index (χ4v) is 1.64. The lowest BCUT2D eigenvalue weighted by molar-refractivity contribution is -0.129. The first-order valence-corrected chi connectivity index (χ1v) is 6.32. The van der Waals surface area contributed by atoms with Gasteiger partial charge < -0.3 is 14.6 Å². The van der Waals surface area contributed by atoms with Crippen LogP contribution in [0.1, 0.15) is 45.7 Å². The van der Waals surface area contributed by atoms with Crippen LogP contribution in [0.25, 0.3) is 0 Å². The maximum atomic E-state index is 9.90. The van der Waals surface area contributed by atoms with Crippen molar-refractivity contribution in [2.24, 2.45) is 0 Å².